The zero-order valence-electron chi connectivity index (χ0n) is 8.91. The van der Waals surface area contributed by atoms with Gasteiger partial charge in [0.25, 0.3) is 0 Å². The van der Waals surface area contributed by atoms with Crippen LogP contribution in [0.3, 0.4) is 0 Å². The Morgan fingerprint density at radius 2 is 1.75 bits per heavy atom. The van der Waals surface area contributed by atoms with Crippen LogP contribution in [0.1, 0.15) is 0 Å². The standard InChI is InChI=1S/C13H12FNO/c1-16-12-9-5-8-11(13(12)14)15-10-6-3-2-4-7-10/h2-9,15H,1H3. The SMILES string of the molecule is COc1cccc(Nc2ccccc2)c1F. The van der Waals surface area contributed by atoms with Crippen molar-refractivity contribution in [2.75, 3.05) is 12.4 Å². The molecule has 1 N–H and O–H groups in total. The van der Waals surface area contributed by atoms with Gasteiger partial charge in [-0.05, 0) is 24.3 Å². The zero-order chi connectivity index (χ0) is 11.4. The smallest absolute Gasteiger partial charge is 0.188 e. The minimum absolute atomic E-state index is 0.237. The molecule has 0 fully saturated rings. The van der Waals surface area contributed by atoms with Crippen molar-refractivity contribution in [1.29, 1.82) is 0 Å². The van der Waals surface area contributed by atoms with Gasteiger partial charge in [0.15, 0.2) is 11.6 Å². The lowest BCUT2D eigenvalue weighted by Gasteiger charge is -2.09. The van der Waals surface area contributed by atoms with Crippen LogP contribution >= 0.6 is 0 Å². The minimum atomic E-state index is -0.381. The normalized spacial score (nSPS) is 9.88. The van der Waals surface area contributed by atoms with Crippen molar-refractivity contribution in [3.63, 3.8) is 0 Å². The molecule has 0 aliphatic rings. The second-order valence-corrected chi connectivity index (χ2v) is 3.31. The summed E-state index contributed by atoms with van der Waals surface area (Å²) < 4.78 is 18.7. The lowest BCUT2D eigenvalue weighted by Crippen LogP contribution is -1.96. The first kappa shape index (κ1) is 10.5. The maximum absolute atomic E-state index is 13.8. The number of methoxy groups -OCH3 is 1. The van der Waals surface area contributed by atoms with Gasteiger partial charge in [-0.15, -0.1) is 0 Å². The van der Waals surface area contributed by atoms with Gasteiger partial charge in [-0.3, -0.25) is 0 Å². The van der Waals surface area contributed by atoms with Gasteiger partial charge in [0.1, 0.15) is 0 Å². The fourth-order valence-corrected chi connectivity index (χ4v) is 1.44. The molecule has 0 spiro atoms. The van der Waals surface area contributed by atoms with Gasteiger partial charge in [0.05, 0.1) is 12.8 Å². The van der Waals surface area contributed by atoms with E-state index in [4.69, 9.17) is 4.74 Å². The molecule has 0 heterocycles. The van der Waals surface area contributed by atoms with Crippen molar-refractivity contribution in [2.45, 2.75) is 0 Å². The van der Waals surface area contributed by atoms with Crippen LogP contribution in [0.2, 0.25) is 0 Å². The molecule has 0 saturated carbocycles. The van der Waals surface area contributed by atoms with Crippen LogP contribution in [0.4, 0.5) is 15.8 Å². The fraction of sp³-hybridized carbons (Fsp3) is 0.0769. The van der Waals surface area contributed by atoms with Gasteiger partial charge in [-0.1, -0.05) is 24.3 Å². The molecule has 0 bridgehead atoms. The number of rotatable bonds is 3. The molecular formula is C13H12FNO. The summed E-state index contributed by atoms with van der Waals surface area (Å²) in [6.45, 7) is 0. The van der Waals surface area contributed by atoms with Gasteiger partial charge in [-0.2, -0.15) is 0 Å². The number of ether oxygens (including phenoxy) is 1. The lowest BCUT2D eigenvalue weighted by molar-refractivity contribution is 0.387. The van der Waals surface area contributed by atoms with E-state index in [0.29, 0.717) is 5.69 Å². The zero-order valence-corrected chi connectivity index (χ0v) is 8.91. The summed E-state index contributed by atoms with van der Waals surface area (Å²) in [5.74, 6) is -0.144. The molecule has 2 aromatic carbocycles. The molecule has 0 radical (unpaired) electrons. The summed E-state index contributed by atoms with van der Waals surface area (Å²) in [6.07, 6.45) is 0. The van der Waals surface area contributed by atoms with E-state index in [1.807, 2.05) is 30.3 Å². The predicted octanol–water partition coefficient (Wildman–Crippen LogP) is 3.58. The average molecular weight is 217 g/mol. The molecule has 0 aliphatic carbocycles. The summed E-state index contributed by atoms with van der Waals surface area (Å²) in [5.41, 5.74) is 1.25. The first-order valence-electron chi connectivity index (χ1n) is 4.96. The molecule has 3 heteroatoms. The predicted molar refractivity (Wildman–Crippen MR) is 62.7 cm³/mol. The van der Waals surface area contributed by atoms with Crippen LogP contribution in [0.25, 0.3) is 0 Å². The van der Waals surface area contributed by atoms with E-state index < -0.39 is 0 Å². The van der Waals surface area contributed by atoms with Crippen molar-refractivity contribution in [3.8, 4) is 5.75 Å². The molecule has 2 rings (SSSR count). The average Bonchev–Trinajstić information content (AvgIpc) is 2.33. The molecule has 0 aromatic heterocycles. The molecule has 0 atom stereocenters. The Bertz CT molecular complexity index is 471. The molecule has 16 heavy (non-hydrogen) atoms. The monoisotopic (exact) mass is 217 g/mol. The number of hydrogen-bond acceptors (Lipinski definition) is 2. The number of para-hydroxylation sites is 1. The van der Waals surface area contributed by atoms with E-state index in [9.17, 15) is 4.39 Å². The van der Waals surface area contributed by atoms with Gasteiger partial charge in [0, 0.05) is 5.69 Å². The Labute approximate surface area is 93.7 Å². The highest BCUT2D eigenvalue weighted by molar-refractivity contribution is 5.61. The van der Waals surface area contributed by atoms with Crippen molar-refractivity contribution < 1.29 is 9.13 Å². The van der Waals surface area contributed by atoms with Gasteiger partial charge in [0.2, 0.25) is 0 Å². The Balaban J connectivity index is 2.28. The second kappa shape index (κ2) is 4.66. The van der Waals surface area contributed by atoms with Crippen molar-refractivity contribution in [2.24, 2.45) is 0 Å². The molecule has 2 aromatic rings. The topological polar surface area (TPSA) is 21.3 Å². The van der Waals surface area contributed by atoms with Gasteiger partial charge < -0.3 is 10.1 Å². The van der Waals surface area contributed by atoms with E-state index >= 15 is 0 Å². The first-order chi connectivity index (χ1) is 7.81. The number of halogens is 1. The molecular weight excluding hydrogens is 205 g/mol. The summed E-state index contributed by atoms with van der Waals surface area (Å²) in [7, 11) is 1.45. The van der Waals surface area contributed by atoms with Crippen LogP contribution in [0, 0.1) is 5.82 Å². The van der Waals surface area contributed by atoms with E-state index in [-0.39, 0.29) is 11.6 Å². The third-order valence-corrected chi connectivity index (χ3v) is 2.24. The lowest BCUT2D eigenvalue weighted by atomic mass is 10.2. The van der Waals surface area contributed by atoms with Crippen LogP contribution < -0.4 is 10.1 Å². The number of hydrogen-bond donors (Lipinski definition) is 1. The number of nitrogens with one attached hydrogen (secondary N) is 1. The third-order valence-electron chi connectivity index (χ3n) is 2.24. The maximum atomic E-state index is 13.8. The fourth-order valence-electron chi connectivity index (χ4n) is 1.44. The molecule has 82 valence electrons. The van der Waals surface area contributed by atoms with Crippen LogP contribution in [0.5, 0.6) is 5.75 Å². The highest BCUT2D eigenvalue weighted by Gasteiger charge is 2.07. The summed E-state index contributed by atoms with van der Waals surface area (Å²) in [5, 5.41) is 2.99. The van der Waals surface area contributed by atoms with E-state index in [1.54, 1.807) is 18.2 Å². The summed E-state index contributed by atoms with van der Waals surface area (Å²) in [6, 6.07) is 14.4. The van der Waals surface area contributed by atoms with E-state index in [2.05, 4.69) is 5.32 Å². The molecule has 0 aliphatic heterocycles. The first-order valence-corrected chi connectivity index (χ1v) is 4.96. The van der Waals surface area contributed by atoms with Crippen LogP contribution in [-0.2, 0) is 0 Å². The van der Waals surface area contributed by atoms with Crippen molar-refractivity contribution >= 4 is 11.4 Å². The minimum Gasteiger partial charge on any atom is -0.494 e. The maximum Gasteiger partial charge on any atom is 0.188 e. The highest BCUT2D eigenvalue weighted by Crippen LogP contribution is 2.26. The van der Waals surface area contributed by atoms with Gasteiger partial charge in [-0.25, -0.2) is 4.39 Å². The van der Waals surface area contributed by atoms with E-state index in [1.165, 1.54) is 7.11 Å². The number of benzene rings is 2. The Kier molecular flexibility index (Phi) is 3.05. The highest BCUT2D eigenvalue weighted by atomic mass is 19.1. The third kappa shape index (κ3) is 2.14. The van der Waals surface area contributed by atoms with Crippen LogP contribution in [-0.4, -0.2) is 7.11 Å². The quantitative estimate of drug-likeness (QED) is 0.848. The largest absolute Gasteiger partial charge is 0.494 e. The van der Waals surface area contributed by atoms with Crippen LogP contribution in [0.15, 0.2) is 48.5 Å². The Morgan fingerprint density at radius 1 is 1.00 bits per heavy atom. The van der Waals surface area contributed by atoms with Crippen molar-refractivity contribution in [3.05, 3.63) is 54.3 Å². The van der Waals surface area contributed by atoms with Crippen molar-refractivity contribution in [1.82, 2.24) is 0 Å². The Hall–Kier alpha value is -2.03. The van der Waals surface area contributed by atoms with E-state index in [0.717, 1.165) is 5.69 Å². The summed E-state index contributed by atoms with van der Waals surface area (Å²) >= 11 is 0. The summed E-state index contributed by atoms with van der Waals surface area (Å²) in [4.78, 5) is 0. The molecule has 0 saturated heterocycles. The number of anilines is 2. The second-order valence-electron chi connectivity index (χ2n) is 3.31. The molecule has 2 nitrogen and oxygen atoms in total. The van der Waals surface area contributed by atoms with Gasteiger partial charge >= 0.3 is 0 Å². The molecule has 0 amide bonds. The Morgan fingerprint density at radius 3 is 2.44 bits per heavy atom. The molecule has 0 unspecified atom stereocenters.